The third kappa shape index (κ3) is 3.45. The molecule has 7 nitrogen and oxygen atoms in total. The fourth-order valence-electron chi connectivity index (χ4n) is 3.15. The quantitative estimate of drug-likeness (QED) is 0.916. The second-order valence-electron chi connectivity index (χ2n) is 6.70. The number of hydrogen-bond donors (Lipinski definition) is 1. The van der Waals surface area contributed by atoms with Gasteiger partial charge in [-0.05, 0) is 19.4 Å². The predicted octanol–water partition coefficient (Wildman–Crippen LogP) is 1.93. The summed E-state index contributed by atoms with van der Waals surface area (Å²) in [4.78, 5) is 35.4. The molecule has 2 aromatic rings. The summed E-state index contributed by atoms with van der Waals surface area (Å²) in [5.74, 6) is 1.75. The first-order valence-electron chi connectivity index (χ1n) is 8.56. The molecule has 0 spiro atoms. The lowest BCUT2D eigenvalue weighted by atomic mass is 10.1. The zero-order chi connectivity index (χ0) is 18.1. The van der Waals surface area contributed by atoms with Crippen LogP contribution in [0.1, 0.15) is 46.8 Å². The largest absolute Gasteiger partial charge is 0.456 e. The van der Waals surface area contributed by atoms with Gasteiger partial charge >= 0.3 is 0 Å². The van der Waals surface area contributed by atoms with Crippen LogP contribution in [0.5, 0.6) is 0 Å². The Kier molecular flexibility index (Phi) is 4.65. The Morgan fingerprint density at radius 2 is 2.20 bits per heavy atom. The zero-order valence-corrected chi connectivity index (χ0v) is 15.1. The number of amides is 1. The van der Waals surface area contributed by atoms with E-state index < -0.39 is 0 Å². The molecular formula is C18H24N4O3. The van der Waals surface area contributed by atoms with Crippen LogP contribution in [0, 0.1) is 6.92 Å². The molecule has 1 N–H and O–H groups in total. The molecule has 1 amide bonds. The Hall–Kier alpha value is -2.57. The summed E-state index contributed by atoms with van der Waals surface area (Å²) in [5, 5.41) is 0. The first-order valence-corrected chi connectivity index (χ1v) is 8.56. The van der Waals surface area contributed by atoms with Crippen molar-refractivity contribution in [3.05, 3.63) is 45.3 Å². The fourth-order valence-corrected chi connectivity index (χ4v) is 3.15. The number of nitrogens with one attached hydrogen (secondary N) is 1. The molecule has 1 unspecified atom stereocenters. The number of H-pyrrole nitrogens is 1. The molecule has 3 rings (SSSR count). The summed E-state index contributed by atoms with van der Waals surface area (Å²) < 4.78 is 5.68. The van der Waals surface area contributed by atoms with Gasteiger partial charge < -0.3 is 14.2 Å². The number of furan rings is 1. The van der Waals surface area contributed by atoms with Crippen molar-refractivity contribution in [1.29, 1.82) is 0 Å². The van der Waals surface area contributed by atoms with Crippen LogP contribution in [0.3, 0.4) is 0 Å². The number of anilines is 1. The van der Waals surface area contributed by atoms with E-state index in [0.29, 0.717) is 24.8 Å². The first-order chi connectivity index (χ1) is 11.9. The van der Waals surface area contributed by atoms with Crippen molar-refractivity contribution in [2.24, 2.45) is 0 Å². The molecule has 3 heterocycles. The number of aryl methyl sites for hydroxylation is 2. The highest BCUT2D eigenvalue weighted by atomic mass is 16.4. The molecule has 7 heteroatoms. The van der Waals surface area contributed by atoms with Gasteiger partial charge in [-0.25, -0.2) is 4.98 Å². The highest BCUT2D eigenvalue weighted by molar-refractivity contribution is 5.93. The Labute approximate surface area is 146 Å². The standard InChI is InChI=1S/C18H24N4O3/c1-5-13-8-11(2)16(25-13)17(24)22-7-6-12(10-22)14-9-15(23)20-18(19-14)21(3)4/h8-9,12H,5-7,10H2,1-4H3,(H,19,20,23). The molecule has 0 radical (unpaired) electrons. The van der Waals surface area contributed by atoms with E-state index in [1.54, 1.807) is 9.80 Å². The topological polar surface area (TPSA) is 82.4 Å². The summed E-state index contributed by atoms with van der Waals surface area (Å²) in [6.07, 6.45) is 1.55. The fraction of sp³-hybridized carbons (Fsp3) is 0.500. The number of rotatable bonds is 4. The van der Waals surface area contributed by atoms with Crippen LogP contribution >= 0.6 is 0 Å². The summed E-state index contributed by atoms with van der Waals surface area (Å²) >= 11 is 0. The van der Waals surface area contributed by atoms with Crippen LogP contribution < -0.4 is 10.5 Å². The minimum Gasteiger partial charge on any atom is -0.456 e. The normalized spacial score (nSPS) is 17.1. The molecule has 0 aromatic carbocycles. The number of carbonyl (C=O) groups is 1. The predicted molar refractivity (Wildman–Crippen MR) is 95.3 cm³/mol. The molecule has 1 saturated heterocycles. The van der Waals surface area contributed by atoms with Gasteiger partial charge in [0.2, 0.25) is 5.95 Å². The smallest absolute Gasteiger partial charge is 0.289 e. The van der Waals surface area contributed by atoms with Crippen molar-refractivity contribution in [2.75, 3.05) is 32.1 Å². The molecular weight excluding hydrogens is 320 g/mol. The van der Waals surface area contributed by atoms with Crippen molar-refractivity contribution in [1.82, 2.24) is 14.9 Å². The Morgan fingerprint density at radius 1 is 1.44 bits per heavy atom. The average molecular weight is 344 g/mol. The van der Waals surface area contributed by atoms with E-state index in [1.165, 1.54) is 6.07 Å². The van der Waals surface area contributed by atoms with Crippen molar-refractivity contribution in [2.45, 2.75) is 32.6 Å². The number of hydrogen-bond acceptors (Lipinski definition) is 5. The van der Waals surface area contributed by atoms with Gasteiger partial charge in [0.15, 0.2) is 5.76 Å². The van der Waals surface area contributed by atoms with Gasteiger partial charge in [-0.15, -0.1) is 0 Å². The molecule has 0 bridgehead atoms. The van der Waals surface area contributed by atoms with E-state index in [-0.39, 0.29) is 17.4 Å². The Morgan fingerprint density at radius 3 is 2.84 bits per heavy atom. The molecule has 0 saturated carbocycles. The minimum absolute atomic E-state index is 0.0610. The lowest BCUT2D eigenvalue weighted by Gasteiger charge is -2.16. The lowest BCUT2D eigenvalue weighted by molar-refractivity contribution is 0.0756. The van der Waals surface area contributed by atoms with Gasteiger partial charge in [-0.2, -0.15) is 0 Å². The van der Waals surface area contributed by atoms with Gasteiger partial charge in [0, 0.05) is 51.2 Å². The molecule has 2 aromatic heterocycles. The van der Waals surface area contributed by atoms with E-state index in [4.69, 9.17) is 4.42 Å². The Balaban J connectivity index is 1.78. The van der Waals surface area contributed by atoms with Gasteiger partial charge in [-0.1, -0.05) is 6.92 Å². The van der Waals surface area contributed by atoms with Gasteiger partial charge in [0.05, 0.1) is 5.69 Å². The summed E-state index contributed by atoms with van der Waals surface area (Å²) in [6, 6.07) is 3.45. The first kappa shape index (κ1) is 17.3. The van der Waals surface area contributed by atoms with Gasteiger partial charge in [-0.3, -0.25) is 14.6 Å². The summed E-state index contributed by atoms with van der Waals surface area (Å²) in [7, 11) is 3.66. The van der Waals surface area contributed by atoms with Crippen molar-refractivity contribution in [3.63, 3.8) is 0 Å². The van der Waals surface area contributed by atoms with E-state index in [0.717, 1.165) is 29.9 Å². The lowest BCUT2D eigenvalue weighted by Crippen LogP contribution is -2.29. The maximum atomic E-state index is 12.8. The van der Waals surface area contributed by atoms with Crippen LogP contribution in [0.2, 0.25) is 0 Å². The van der Waals surface area contributed by atoms with Crippen LogP contribution in [0.25, 0.3) is 0 Å². The number of aromatic nitrogens is 2. The number of nitrogens with zero attached hydrogens (tertiary/aromatic N) is 3. The van der Waals surface area contributed by atoms with Crippen molar-refractivity contribution >= 4 is 11.9 Å². The maximum Gasteiger partial charge on any atom is 0.289 e. The monoisotopic (exact) mass is 344 g/mol. The second-order valence-corrected chi connectivity index (χ2v) is 6.70. The van der Waals surface area contributed by atoms with Crippen LogP contribution in [-0.2, 0) is 6.42 Å². The van der Waals surface area contributed by atoms with E-state index in [1.807, 2.05) is 34.0 Å². The molecule has 134 valence electrons. The van der Waals surface area contributed by atoms with Crippen LogP contribution in [-0.4, -0.2) is 48.0 Å². The number of aromatic amines is 1. The van der Waals surface area contributed by atoms with Gasteiger partial charge in [0.25, 0.3) is 11.5 Å². The molecule has 1 atom stereocenters. The van der Waals surface area contributed by atoms with E-state index >= 15 is 0 Å². The second kappa shape index (κ2) is 6.74. The van der Waals surface area contributed by atoms with E-state index in [2.05, 4.69) is 9.97 Å². The SMILES string of the molecule is CCc1cc(C)c(C(=O)N2CCC(c3cc(=O)[nH]c(N(C)C)n3)C2)o1. The molecule has 0 aliphatic carbocycles. The minimum atomic E-state index is -0.173. The van der Waals surface area contributed by atoms with Crippen LogP contribution in [0.4, 0.5) is 5.95 Å². The number of carbonyl (C=O) groups excluding carboxylic acids is 1. The zero-order valence-electron chi connectivity index (χ0n) is 15.1. The third-order valence-electron chi connectivity index (χ3n) is 4.58. The molecule has 1 aliphatic rings. The summed E-state index contributed by atoms with van der Waals surface area (Å²) in [5.41, 5.74) is 1.43. The number of likely N-dealkylation sites (tertiary alicyclic amines) is 1. The molecule has 25 heavy (non-hydrogen) atoms. The highest BCUT2D eigenvalue weighted by Crippen LogP contribution is 2.28. The summed E-state index contributed by atoms with van der Waals surface area (Å²) in [6.45, 7) is 5.07. The highest BCUT2D eigenvalue weighted by Gasteiger charge is 2.31. The van der Waals surface area contributed by atoms with Crippen molar-refractivity contribution in [3.8, 4) is 0 Å². The van der Waals surface area contributed by atoms with Gasteiger partial charge in [0.1, 0.15) is 5.76 Å². The molecule has 1 fully saturated rings. The average Bonchev–Trinajstić information content (AvgIpc) is 3.20. The maximum absolute atomic E-state index is 12.8. The molecule has 1 aliphatic heterocycles. The van der Waals surface area contributed by atoms with E-state index in [9.17, 15) is 9.59 Å². The Bertz CT molecular complexity index is 837. The third-order valence-corrected chi connectivity index (χ3v) is 4.58. The van der Waals surface area contributed by atoms with Crippen molar-refractivity contribution < 1.29 is 9.21 Å². The van der Waals surface area contributed by atoms with Crippen LogP contribution in [0.15, 0.2) is 21.3 Å².